The predicted molar refractivity (Wildman–Crippen MR) is 119 cm³/mol. The second-order valence-corrected chi connectivity index (χ2v) is 6.99. The molecular weight excluding hydrogens is 410 g/mol. The summed E-state index contributed by atoms with van der Waals surface area (Å²) in [5.74, 6) is -0.567. The molecule has 0 fully saturated rings. The zero-order valence-electron chi connectivity index (χ0n) is 17.5. The first-order valence-corrected chi connectivity index (χ1v) is 9.87. The maximum Gasteiger partial charge on any atom is 0.416 e. The number of hydrogen-bond donors (Lipinski definition) is 1. The molecule has 1 aliphatic heterocycles. The van der Waals surface area contributed by atoms with Crippen LogP contribution in [0.3, 0.4) is 0 Å². The first-order valence-electron chi connectivity index (χ1n) is 9.87. The second-order valence-electron chi connectivity index (χ2n) is 6.99. The molecule has 0 aromatic heterocycles. The second kappa shape index (κ2) is 8.85. The number of amides is 1. The van der Waals surface area contributed by atoms with Crippen LogP contribution in [0.2, 0.25) is 0 Å². The van der Waals surface area contributed by atoms with Gasteiger partial charge in [0.1, 0.15) is 5.92 Å². The molecule has 1 atom stereocenters. The molecule has 1 unspecified atom stereocenters. The summed E-state index contributed by atoms with van der Waals surface area (Å²) in [5.41, 5.74) is 1.96. The van der Waals surface area contributed by atoms with E-state index in [1.54, 1.807) is 60.7 Å². The fourth-order valence-electron chi connectivity index (χ4n) is 3.72. The van der Waals surface area contributed by atoms with Crippen LogP contribution in [0.15, 0.2) is 78.9 Å². The molecule has 4 rings (SSSR count). The molecule has 7 nitrogen and oxygen atoms in total. The third-order valence-electron chi connectivity index (χ3n) is 5.18. The molecule has 0 saturated heterocycles. The van der Waals surface area contributed by atoms with Crippen molar-refractivity contribution in [2.45, 2.75) is 5.92 Å². The number of carbonyl (C=O) groups is 2. The van der Waals surface area contributed by atoms with Crippen molar-refractivity contribution in [1.29, 1.82) is 0 Å². The maximum atomic E-state index is 13.4. The lowest BCUT2D eigenvalue weighted by atomic mass is 9.90. The summed E-state index contributed by atoms with van der Waals surface area (Å²) < 4.78 is 16.4. The Hall–Kier alpha value is -4.26. The third-order valence-corrected chi connectivity index (χ3v) is 5.18. The van der Waals surface area contributed by atoms with Gasteiger partial charge in [-0.15, -0.1) is 0 Å². The van der Waals surface area contributed by atoms with Crippen molar-refractivity contribution in [2.24, 2.45) is 0 Å². The summed E-state index contributed by atoms with van der Waals surface area (Å²) in [7, 11) is 2.94. The summed E-state index contributed by atoms with van der Waals surface area (Å²) in [5, 5.41) is 9.95. The van der Waals surface area contributed by atoms with Gasteiger partial charge in [-0.25, -0.2) is 9.69 Å². The summed E-state index contributed by atoms with van der Waals surface area (Å²) >= 11 is 0. The van der Waals surface area contributed by atoms with Crippen molar-refractivity contribution in [3.05, 3.63) is 90.0 Å². The quantitative estimate of drug-likeness (QED) is 0.455. The van der Waals surface area contributed by atoms with Gasteiger partial charge in [-0.2, -0.15) is 0 Å². The molecule has 0 bridgehead atoms. The van der Waals surface area contributed by atoms with Gasteiger partial charge >= 0.3 is 12.1 Å². The predicted octanol–water partition coefficient (Wildman–Crippen LogP) is 4.93. The smallest absolute Gasteiger partial charge is 0.416 e. The van der Waals surface area contributed by atoms with E-state index in [1.165, 1.54) is 19.1 Å². The highest BCUT2D eigenvalue weighted by atomic mass is 16.6. The number of hydrogen-bond acceptors (Lipinski definition) is 5. The van der Waals surface area contributed by atoms with Crippen LogP contribution in [-0.4, -0.2) is 31.4 Å². The Morgan fingerprint density at radius 2 is 1.47 bits per heavy atom. The minimum Gasteiger partial charge on any atom is -0.493 e. The van der Waals surface area contributed by atoms with Crippen molar-refractivity contribution < 1.29 is 28.9 Å². The Balaban J connectivity index is 1.82. The third kappa shape index (κ3) is 3.76. The first-order chi connectivity index (χ1) is 15.5. The van der Waals surface area contributed by atoms with E-state index in [0.29, 0.717) is 34.0 Å². The van der Waals surface area contributed by atoms with Crippen LogP contribution in [0, 0.1) is 0 Å². The Morgan fingerprint density at radius 1 is 0.844 bits per heavy atom. The fraction of sp³-hybridized carbons (Fsp3) is 0.120. The molecule has 162 valence electrons. The van der Waals surface area contributed by atoms with Gasteiger partial charge in [-0.1, -0.05) is 54.6 Å². The Kier molecular flexibility index (Phi) is 5.81. The highest BCUT2D eigenvalue weighted by Crippen LogP contribution is 2.43. The Morgan fingerprint density at radius 3 is 2.09 bits per heavy atom. The van der Waals surface area contributed by atoms with Gasteiger partial charge in [0.2, 0.25) is 5.75 Å². The van der Waals surface area contributed by atoms with E-state index in [0.717, 1.165) is 0 Å². The summed E-state index contributed by atoms with van der Waals surface area (Å²) in [6.45, 7) is 0. The molecule has 7 heteroatoms. The number of benzene rings is 3. The lowest BCUT2D eigenvalue weighted by Gasteiger charge is -2.32. The molecule has 32 heavy (non-hydrogen) atoms. The van der Waals surface area contributed by atoms with Gasteiger partial charge in [0, 0.05) is 0 Å². The number of ether oxygens (including phenoxy) is 3. The lowest BCUT2D eigenvalue weighted by Crippen LogP contribution is -2.34. The van der Waals surface area contributed by atoms with E-state index in [-0.39, 0.29) is 5.75 Å². The van der Waals surface area contributed by atoms with Crippen LogP contribution in [0.4, 0.5) is 10.5 Å². The van der Waals surface area contributed by atoms with Crippen LogP contribution in [0.25, 0.3) is 5.70 Å². The molecule has 1 amide bonds. The molecule has 3 aromatic rings. The summed E-state index contributed by atoms with van der Waals surface area (Å²) in [4.78, 5) is 26.7. The van der Waals surface area contributed by atoms with Crippen molar-refractivity contribution in [1.82, 2.24) is 0 Å². The number of rotatable bonds is 5. The molecule has 0 saturated carbocycles. The SMILES string of the molecule is COc1cccc(OC)c1OC(=O)C1C=C(c2ccccc2)N(C(=O)O)c2ccccc21. The van der Waals surface area contributed by atoms with Crippen LogP contribution in [0.5, 0.6) is 17.2 Å². The minimum atomic E-state index is -1.15. The van der Waals surface area contributed by atoms with E-state index in [1.807, 2.05) is 18.2 Å². The Bertz CT molecular complexity index is 1170. The molecule has 3 aromatic carbocycles. The van der Waals surface area contributed by atoms with E-state index < -0.39 is 18.0 Å². The normalized spacial score (nSPS) is 14.8. The maximum absolute atomic E-state index is 13.4. The van der Waals surface area contributed by atoms with Crippen LogP contribution >= 0.6 is 0 Å². The van der Waals surface area contributed by atoms with E-state index >= 15 is 0 Å². The van der Waals surface area contributed by atoms with Crippen LogP contribution < -0.4 is 19.1 Å². The molecule has 1 N–H and O–H groups in total. The zero-order chi connectivity index (χ0) is 22.7. The molecule has 1 aliphatic rings. The lowest BCUT2D eigenvalue weighted by molar-refractivity contribution is -0.135. The highest BCUT2D eigenvalue weighted by Gasteiger charge is 2.35. The van der Waals surface area contributed by atoms with Crippen molar-refractivity contribution in [3.8, 4) is 17.2 Å². The van der Waals surface area contributed by atoms with E-state index in [9.17, 15) is 14.7 Å². The number of carbonyl (C=O) groups excluding carboxylic acids is 1. The standard InChI is InChI=1S/C25H21NO6/c1-30-21-13-8-14-22(31-2)23(21)32-24(27)18-15-20(16-9-4-3-5-10-16)26(25(28)29)19-12-7-6-11-17(18)19/h3-15,18H,1-2H3,(H,28,29). The summed E-state index contributed by atoms with van der Waals surface area (Å²) in [6.07, 6.45) is 0.460. The molecule has 0 spiro atoms. The van der Waals surface area contributed by atoms with Gasteiger partial charge in [0.15, 0.2) is 11.5 Å². The van der Waals surface area contributed by atoms with Gasteiger partial charge in [-0.3, -0.25) is 4.79 Å². The van der Waals surface area contributed by atoms with Crippen LogP contribution in [0.1, 0.15) is 17.0 Å². The van der Waals surface area contributed by atoms with Gasteiger partial charge in [0.05, 0.1) is 25.6 Å². The first kappa shape index (κ1) is 21.0. The topological polar surface area (TPSA) is 85.3 Å². The van der Waals surface area contributed by atoms with E-state index in [2.05, 4.69) is 0 Å². The minimum absolute atomic E-state index is 0.162. The largest absolute Gasteiger partial charge is 0.493 e. The number of carboxylic acid groups (broad SMARTS) is 1. The van der Waals surface area contributed by atoms with Gasteiger partial charge in [0.25, 0.3) is 0 Å². The number of esters is 1. The average molecular weight is 431 g/mol. The average Bonchev–Trinajstić information content (AvgIpc) is 2.83. The number of methoxy groups -OCH3 is 2. The zero-order valence-corrected chi connectivity index (χ0v) is 17.5. The molecule has 0 aliphatic carbocycles. The molecule has 0 radical (unpaired) electrons. The highest BCUT2D eigenvalue weighted by molar-refractivity contribution is 6.06. The Labute approximate surface area is 185 Å². The monoisotopic (exact) mass is 431 g/mol. The van der Waals surface area contributed by atoms with Crippen LogP contribution in [-0.2, 0) is 4.79 Å². The number of anilines is 1. The van der Waals surface area contributed by atoms with Gasteiger partial charge < -0.3 is 19.3 Å². The van der Waals surface area contributed by atoms with Crippen molar-refractivity contribution in [3.63, 3.8) is 0 Å². The van der Waals surface area contributed by atoms with Crippen molar-refractivity contribution in [2.75, 3.05) is 19.1 Å². The number of nitrogens with zero attached hydrogens (tertiary/aromatic N) is 1. The molecular formula is C25H21NO6. The number of para-hydroxylation sites is 2. The summed E-state index contributed by atoms with van der Waals surface area (Å²) in [6, 6.07) is 21.0. The fourth-order valence-corrected chi connectivity index (χ4v) is 3.72. The number of fused-ring (bicyclic) bond motifs is 1. The van der Waals surface area contributed by atoms with Gasteiger partial charge in [-0.05, 0) is 35.4 Å². The molecule has 1 heterocycles. The van der Waals surface area contributed by atoms with Crippen molar-refractivity contribution >= 4 is 23.4 Å². The van der Waals surface area contributed by atoms with E-state index in [4.69, 9.17) is 14.2 Å².